The van der Waals surface area contributed by atoms with Crippen LogP contribution in [0.1, 0.15) is 36.6 Å². The van der Waals surface area contributed by atoms with Crippen LogP contribution in [0.2, 0.25) is 0 Å². The molecule has 0 aromatic carbocycles. The largest absolute Gasteiger partial charge is 0.444 e. The highest BCUT2D eigenvalue weighted by atomic mass is 16.4. The highest BCUT2D eigenvalue weighted by Crippen LogP contribution is 2.26. The number of aromatic nitrogens is 1. The number of piperazine rings is 1. The Labute approximate surface area is 131 Å². The summed E-state index contributed by atoms with van der Waals surface area (Å²) in [4.78, 5) is 21.2. The molecular formula is C16H26N4O2. The number of hydrogen-bond acceptors (Lipinski definition) is 5. The van der Waals surface area contributed by atoms with E-state index >= 15 is 0 Å². The summed E-state index contributed by atoms with van der Waals surface area (Å²) in [7, 11) is 0. The maximum atomic E-state index is 12.5. The summed E-state index contributed by atoms with van der Waals surface area (Å²) in [5.41, 5.74) is 6.88. The monoisotopic (exact) mass is 306 g/mol. The molecule has 2 heterocycles. The van der Waals surface area contributed by atoms with E-state index in [1.807, 2.05) is 18.7 Å². The molecule has 2 atom stereocenters. The van der Waals surface area contributed by atoms with Crippen molar-refractivity contribution in [2.24, 2.45) is 11.7 Å². The predicted molar refractivity (Wildman–Crippen MR) is 83.2 cm³/mol. The van der Waals surface area contributed by atoms with E-state index in [0.29, 0.717) is 5.91 Å². The first kappa shape index (κ1) is 15.5. The maximum absolute atomic E-state index is 12.5. The molecule has 22 heavy (non-hydrogen) atoms. The molecule has 1 aromatic heterocycles. The number of rotatable bonds is 3. The van der Waals surface area contributed by atoms with Gasteiger partial charge in [0.15, 0.2) is 0 Å². The number of nitrogens with zero attached hydrogens (tertiary/aromatic N) is 3. The molecule has 1 aliphatic heterocycles. The molecular weight excluding hydrogens is 280 g/mol. The van der Waals surface area contributed by atoms with E-state index in [0.717, 1.165) is 69.3 Å². The molecule has 6 nitrogen and oxygen atoms in total. The SMILES string of the molecule is Cc1nc(CN2CCN(C(=O)[C@H]3CC[C@H](N)C3)CC2)oc1C. The lowest BCUT2D eigenvalue weighted by atomic mass is 10.1. The zero-order valence-corrected chi connectivity index (χ0v) is 13.5. The molecule has 1 saturated carbocycles. The van der Waals surface area contributed by atoms with Crippen LogP contribution in [-0.2, 0) is 11.3 Å². The van der Waals surface area contributed by atoms with Crippen molar-refractivity contribution in [1.29, 1.82) is 0 Å². The highest BCUT2D eigenvalue weighted by Gasteiger charge is 2.32. The fourth-order valence-electron chi connectivity index (χ4n) is 3.42. The van der Waals surface area contributed by atoms with Gasteiger partial charge in [-0.3, -0.25) is 9.69 Å². The molecule has 1 amide bonds. The first-order valence-corrected chi connectivity index (χ1v) is 8.22. The minimum Gasteiger partial charge on any atom is -0.444 e. The van der Waals surface area contributed by atoms with Gasteiger partial charge in [0, 0.05) is 38.1 Å². The standard InChI is InChI=1S/C16H26N4O2/c1-11-12(2)22-15(18-11)10-19-5-7-20(8-6-19)16(21)13-3-4-14(17)9-13/h13-14H,3-10,17H2,1-2H3/t13-,14-/m0/s1. The second-order valence-electron chi connectivity index (χ2n) is 6.62. The van der Waals surface area contributed by atoms with E-state index in [-0.39, 0.29) is 12.0 Å². The molecule has 0 bridgehead atoms. The predicted octanol–water partition coefficient (Wildman–Crippen LogP) is 1.06. The van der Waals surface area contributed by atoms with Crippen LogP contribution in [0.3, 0.4) is 0 Å². The van der Waals surface area contributed by atoms with Crippen LogP contribution in [0.25, 0.3) is 0 Å². The van der Waals surface area contributed by atoms with Crippen molar-refractivity contribution >= 4 is 5.91 Å². The van der Waals surface area contributed by atoms with Crippen molar-refractivity contribution in [3.63, 3.8) is 0 Å². The van der Waals surface area contributed by atoms with Gasteiger partial charge in [-0.2, -0.15) is 0 Å². The van der Waals surface area contributed by atoms with Crippen molar-refractivity contribution in [1.82, 2.24) is 14.8 Å². The minimum atomic E-state index is 0.151. The Kier molecular flexibility index (Phi) is 4.49. The number of aryl methyl sites for hydroxylation is 2. The fourth-order valence-corrected chi connectivity index (χ4v) is 3.42. The van der Waals surface area contributed by atoms with E-state index in [2.05, 4.69) is 9.88 Å². The van der Waals surface area contributed by atoms with Gasteiger partial charge in [0.2, 0.25) is 11.8 Å². The Hall–Kier alpha value is -1.40. The summed E-state index contributed by atoms with van der Waals surface area (Å²) in [6.45, 7) is 7.98. The molecule has 2 fully saturated rings. The number of nitrogens with two attached hydrogens (primary N) is 1. The number of oxazole rings is 1. The summed E-state index contributed by atoms with van der Waals surface area (Å²) in [5, 5.41) is 0. The van der Waals surface area contributed by atoms with Crippen LogP contribution < -0.4 is 5.73 Å². The van der Waals surface area contributed by atoms with Crippen LogP contribution in [0, 0.1) is 19.8 Å². The van der Waals surface area contributed by atoms with Gasteiger partial charge in [-0.25, -0.2) is 4.98 Å². The second kappa shape index (κ2) is 6.38. The third-order valence-corrected chi connectivity index (χ3v) is 4.94. The van der Waals surface area contributed by atoms with Crippen molar-refractivity contribution in [2.45, 2.75) is 45.7 Å². The summed E-state index contributed by atoms with van der Waals surface area (Å²) in [6, 6.07) is 0.215. The number of amides is 1. The lowest BCUT2D eigenvalue weighted by Gasteiger charge is -2.35. The molecule has 2 aliphatic rings. The lowest BCUT2D eigenvalue weighted by Crippen LogP contribution is -2.49. The van der Waals surface area contributed by atoms with Gasteiger partial charge in [-0.05, 0) is 33.1 Å². The smallest absolute Gasteiger partial charge is 0.225 e. The Morgan fingerprint density at radius 2 is 2.00 bits per heavy atom. The third kappa shape index (κ3) is 3.33. The van der Waals surface area contributed by atoms with E-state index in [1.54, 1.807) is 0 Å². The Morgan fingerprint density at radius 3 is 2.55 bits per heavy atom. The van der Waals surface area contributed by atoms with Gasteiger partial charge in [0.25, 0.3) is 0 Å². The number of carbonyl (C=O) groups excluding carboxylic acids is 1. The Morgan fingerprint density at radius 1 is 1.27 bits per heavy atom. The van der Waals surface area contributed by atoms with Gasteiger partial charge in [-0.1, -0.05) is 0 Å². The second-order valence-corrected chi connectivity index (χ2v) is 6.62. The van der Waals surface area contributed by atoms with Crippen molar-refractivity contribution in [2.75, 3.05) is 26.2 Å². The Balaban J connectivity index is 1.49. The van der Waals surface area contributed by atoms with Gasteiger partial charge in [-0.15, -0.1) is 0 Å². The van der Waals surface area contributed by atoms with Crippen LogP contribution >= 0.6 is 0 Å². The minimum absolute atomic E-state index is 0.151. The fraction of sp³-hybridized carbons (Fsp3) is 0.750. The molecule has 1 saturated heterocycles. The Bertz CT molecular complexity index is 515. The van der Waals surface area contributed by atoms with Gasteiger partial charge in [0.1, 0.15) is 5.76 Å². The quantitative estimate of drug-likeness (QED) is 0.904. The molecule has 0 radical (unpaired) electrons. The van der Waals surface area contributed by atoms with Crippen molar-refractivity contribution < 1.29 is 9.21 Å². The summed E-state index contributed by atoms with van der Waals surface area (Å²) < 4.78 is 5.64. The third-order valence-electron chi connectivity index (χ3n) is 4.94. The van der Waals surface area contributed by atoms with Crippen LogP contribution in [0.5, 0.6) is 0 Å². The van der Waals surface area contributed by atoms with Gasteiger partial charge < -0.3 is 15.1 Å². The first-order chi connectivity index (χ1) is 10.5. The van der Waals surface area contributed by atoms with E-state index in [1.165, 1.54) is 0 Å². The number of carbonyl (C=O) groups is 1. The summed E-state index contributed by atoms with van der Waals surface area (Å²) in [5.74, 6) is 2.12. The van der Waals surface area contributed by atoms with Crippen LogP contribution in [-0.4, -0.2) is 52.9 Å². The molecule has 1 aromatic rings. The highest BCUT2D eigenvalue weighted by molar-refractivity contribution is 5.79. The molecule has 1 aliphatic carbocycles. The van der Waals surface area contributed by atoms with E-state index in [4.69, 9.17) is 10.2 Å². The molecule has 0 unspecified atom stereocenters. The van der Waals surface area contributed by atoms with Crippen LogP contribution in [0.15, 0.2) is 4.42 Å². The maximum Gasteiger partial charge on any atom is 0.225 e. The molecule has 6 heteroatoms. The topological polar surface area (TPSA) is 75.6 Å². The van der Waals surface area contributed by atoms with Crippen LogP contribution in [0.4, 0.5) is 0 Å². The summed E-state index contributed by atoms with van der Waals surface area (Å²) >= 11 is 0. The molecule has 3 rings (SSSR count). The average Bonchev–Trinajstić information content (AvgIpc) is 3.06. The summed E-state index contributed by atoms with van der Waals surface area (Å²) in [6.07, 6.45) is 2.79. The zero-order chi connectivity index (χ0) is 15.7. The lowest BCUT2D eigenvalue weighted by molar-refractivity contribution is -0.137. The first-order valence-electron chi connectivity index (χ1n) is 8.22. The molecule has 2 N–H and O–H groups in total. The van der Waals surface area contributed by atoms with Gasteiger partial charge >= 0.3 is 0 Å². The number of hydrogen-bond donors (Lipinski definition) is 1. The molecule has 0 spiro atoms. The average molecular weight is 306 g/mol. The van der Waals surface area contributed by atoms with Crippen molar-refractivity contribution in [3.05, 3.63) is 17.3 Å². The van der Waals surface area contributed by atoms with E-state index in [9.17, 15) is 4.79 Å². The van der Waals surface area contributed by atoms with Gasteiger partial charge in [0.05, 0.1) is 12.2 Å². The molecule has 122 valence electrons. The normalized spacial score (nSPS) is 26.6. The zero-order valence-electron chi connectivity index (χ0n) is 13.5. The van der Waals surface area contributed by atoms with E-state index < -0.39 is 0 Å². The van der Waals surface area contributed by atoms with Crippen molar-refractivity contribution in [3.8, 4) is 0 Å².